The Kier molecular flexibility index (Phi) is 7.25. The van der Waals surface area contributed by atoms with Gasteiger partial charge in [-0.3, -0.25) is 9.10 Å². The first-order valence-corrected chi connectivity index (χ1v) is 12.8. The number of amides is 1. The number of nitrogens with one attached hydrogen (secondary N) is 1. The number of sulfonamides is 1. The van der Waals surface area contributed by atoms with Crippen LogP contribution in [0.5, 0.6) is 11.5 Å². The maximum Gasteiger partial charge on any atom is 0.264 e. The number of hydrogen-bond acceptors (Lipinski definition) is 5. The summed E-state index contributed by atoms with van der Waals surface area (Å²) in [5.41, 5.74) is 2.19. The standard InChI is InChI=1S/C26H27FN2O5S/c1-3-23(19-6-4-18(2)5-7-19)28-26(30)17-29(21-10-8-20(27)9-11-21)35(31,32)22-12-13-24-25(16-22)34-15-14-33-24/h4-13,16,23H,3,14-15,17H2,1-2H3,(H,28,30)/t23-/m0/s1. The van der Waals surface area contributed by atoms with E-state index in [-0.39, 0.29) is 16.6 Å². The van der Waals surface area contributed by atoms with Crippen molar-refractivity contribution in [3.63, 3.8) is 0 Å². The molecule has 1 amide bonds. The number of aryl methyl sites for hydroxylation is 1. The van der Waals surface area contributed by atoms with E-state index in [1.54, 1.807) is 0 Å². The number of ether oxygens (including phenoxy) is 2. The zero-order chi connectivity index (χ0) is 25.0. The van der Waals surface area contributed by atoms with E-state index in [9.17, 15) is 17.6 Å². The molecule has 0 aliphatic carbocycles. The third-order valence-electron chi connectivity index (χ3n) is 5.73. The summed E-state index contributed by atoms with van der Waals surface area (Å²) < 4.78 is 52.9. The second-order valence-electron chi connectivity index (χ2n) is 8.23. The van der Waals surface area contributed by atoms with Crippen LogP contribution in [0.1, 0.15) is 30.5 Å². The molecule has 1 atom stereocenters. The van der Waals surface area contributed by atoms with Crippen molar-refractivity contribution < 1.29 is 27.1 Å². The number of fused-ring (bicyclic) bond motifs is 1. The van der Waals surface area contributed by atoms with Crippen LogP contribution >= 0.6 is 0 Å². The lowest BCUT2D eigenvalue weighted by atomic mass is 10.0. The van der Waals surface area contributed by atoms with Crippen LogP contribution in [-0.2, 0) is 14.8 Å². The van der Waals surface area contributed by atoms with Gasteiger partial charge in [-0.05, 0) is 55.3 Å². The predicted octanol–water partition coefficient (Wildman–Crippen LogP) is 4.37. The Morgan fingerprint density at radius 1 is 1.00 bits per heavy atom. The highest BCUT2D eigenvalue weighted by molar-refractivity contribution is 7.92. The number of halogens is 1. The minimum absolute atomic E-state index is 0.0653. The fourth-order valence-corrected chi connectivity index (χ4v) is 5.26. The number of carbonyl (C=O) groups is 1. The molecule has 0 aromatic heterocycles. The number of nitrogens with zero attached hydrogens (tertiary/aromatic N) is 1. The van der Waals surface area contributed by atoms with E-state index in [1.807, 2.05) is 38.1 Å². The Morgan fingerprint density at radius 3 is 2.31 bits per heavy atom. The van der Waals surface area contributed by atoms with Gasteiger partial charge in [-0.2, -0.15) is 0 Å². The molecule has 9 heteroatoms. The summed E-state index contributed by atoms with van der Waals surface area (Å²) >= 11 is 0. The van der Waals surface area contributed by atoms with E-state index in [1.165, 1.54) is 30.3 Å². The molecular weight excluding hydrogens is 471 g/mol. The smallest absolute Gasteiger partial charge is 0.264 e. The van der Waals surface area contributed by atoms with Gasteiger partial charge in [0.15, 0.2) is 11.5 Å². The Morgan fingerprint density at radius 2 is 1.66 bits per heavy atom. The van der Waals surface area contributed by atoms with Crippen LogP contribution in [-0.4, -0.2) is 34.1 Å². The van der Waals surface area contributed by atoms with Crippen molar-refractivity contribution >= 4 is 21.6 Å². The van der Waals surface area contributed by atoms with E-state index < -0.39 is 28.3 Å². The fraction of sp³-hybridized carbons (Fsp3) is 0.269. The van der Waals surface area contributed by atoms with Gasteiger partial charge in [0, 0.05) is 6.07 Å². The van der Waals surface area contributed by atoms with Crippen LogP contribution in [0.4, 0.5) is 10.1 Å². The first kappa shape index (κ1) is 24.5. The Bertz CT molecular complexity index is 1290. The highest BCUT2D eigenvalue weighted by Crippen LogP contribution is 2.34. The Hall–Kier alpha value is -3.59. The molecular formula is C26H27FN2O5S. The maximum atomic E-state index is 13.7. The minimum Gasteiger partial charge on any atom is -0.486 e. The molecule has 35 heavy (non-hydrogen) atoms. The van der Waals surface area contributed by atoms with Crippen LogP contribution in [0.3, 0.4) is 0 Å². The van der Waals surface area contributed by atoms with Gasteiger partial charge in [-0.15, -0.1) is 0 Å². The molecule has 0 bridgehead atoms. The summed E-state index contributed by atoms with van der Waals surface area (Å²) in [6, 6.07) is 16.8. The first-order valence-electron chi connectivity index (χ1n) is 11.3. The maximum absolute atomic E-state index is 13.7. The van der Waals surface area contributed by atoms with Crippen molar-refractivity contribution in [1.82, 2.24) is 5.32 Å². The van der Waals surface area contributed by atoms with Crippen molar-refractivity contribution in [1.29, 1.82) is 0 Å². The van der Waals surface area contributed by atoms with Crippen LogP contribution in [0.2, 0.25) is 0 Å². The summed E-state index contributed by atoms with van der Waals surface area (Å²) in [6.07, 6.45) is 0.625. The van der Waals surface area contributed by atoms with Gasteiger partial charge >= 0.3 is 0 Å². The monoisotopic (exact) mass is 498 g/mol. The number of hydrogen-bond donors (Lipinski definition) is 1. The van der Waals surface area contributed by atoms with Crippen LogP contribution in [0.25, 0.3) is 0 Å². The normalized spacial score (nSPS) is 13.7. The van der Waals surface area contributed by atoms with Crippen LogP contribution in [0.15, 0.2) is 71.6 Å². The van der Waals surface area contributed by atoms with Gasteiger partial charge in [0.25, 0.3) is 10.0 Å². The van der Waals surface area contributed by atoms with Crippen LogP contribution in [0, 0.1) is 12.7 Å². The van der Waals surface area contributed by atoms with E-state index in [4.69, 9.17) is 9.47 Å². The molecule has 7 nitrogen and oxygen atoms in total. The molecule has 0 fully saturated rings. The zero-order valence-corrected chi connectivity index (χ0v) is 20.3. The molecule has 0 spiro atoms. The lowest BCUT2D eigenvalue weighted by Gasteiger charge is -2.26. The van der Waals surface area contributed by atoms with Crippen LogP contribution < -0.4 is 19.1 Å². The topological polar surface area (TPSA) is 84.9 Å². The lowest BCUT2D eigenvalue weighted by molar-refractivity contribution is -0.120. The minimum atomic E-state index is -4.19. The number of anilines is 1. The highest BCUT2D eigenvalue weighted by atomic mass is 32.2. The van der Waals surface area contributed by atoms with E-state index >= 15 is 0 Å². The Labute approximate surface area is 204 Å². The molecule has 1 heterocycles. The van der Waals surface area contributed by atoms with E-state index in [2.05, 4.69) is 5.32 Å². The second-order valence-corrected chi connectivity index (χ2v) is 10.1. The molecule has 0 radical (unpaired) electrons. The molecule has 0 unspecified atom stereocenters. The average Bonchev–Trinajstić information content (AvgIpc) is 2.86. The summed E-state index contributed by atoms with van der Waals surface area (Å²) in [5.74, 6) is -0.237. The zero-order valence-electron chi connectivity index (χ0n) is 19.5. The first-order chi connectivity index (χ1) is 16.8. The summed E-state index contributed by atoms with van der Waals surface area (Å²) in [7, 11) is -4.19. The molecule has 184 valence electrons. The van der Waals surface area contributed by atoms with Crippen molar-refractivity contribution in [2.24, 2.45) is 0 Å². The average molecular weight is 499 g/mol. The van der Waals surface area contributed by atoms with E-state index in [0.29, 0.717) is 31.1 Å². The largest absolute Gasteiger partial charge is 0.486 e. The highest BCUT2D eigenvalue weighted by Gasteiger charge is 2.29. The van der Waals surface area contributed by atoms with Crippen molar-refractivity contribution in [3.8, 4) is 11.5 Å². The van der Waals surface area contributed by atoms with Crippen molar-refractivity contribution in [3.05, 3.63) is 83.7 Å². The predicted molar refractivity (Wildman–Crippen MR) is 131 cm³/mol. The molecule has 4 rings (SSSR count). The third kappa shape index (κ3) is 5.57. The molecule has 1 aliphatic rings. The molecule has 3 aromatic carbocycles. The molecule has 3 aromatic rings. The van der Waals surface area contributed by atoms with Crippen molar-refractivity contribution in [2.75, 3.05) is 24.1 Å². The van der Waals surface area contributed by atoms with Gasteiger partial charge in [0.1, 0.15) is 25.6 Å². The van der Waals surface area contributed by atoms with Gasteiger partial charge in [0.2, 0.25) is 5.91 Å². The third-order valence-corrected chi connectivity index (χ3v) is 7.50. The van der Waals surface area contributed by atoms with Gasteiger partial charge in [0.05, 0.1) is 16.6 Å². The number of benzene rings is 3. The van der Waals surface area contributed by atoms with Crippen molar-refractivity contribution in [2.45, 2.75) is 31.2 Å². The number of carbonyl (C=O) groups excluding carboxylic acids is 1. The Balaban J connectivity index is 1.63. The van der Waals surface area contributed by atoms with E-state index in [0.717, 1.165) is 27.6 Å². The molecule has 1 aliphatic heterocycles. The molecule has 1 N–H and O–H groups in total. The van der Waals surface area contributed by atoms with Gasteiger partial charge in [-0.25, -0.2) is 12.8 Å². The van der Waals surface area contributed by atoms with Gasteiger partial charge in [-0.1, -0.05) is 36.8 Å². The summed E-state index contributed by atoms with van der Waals surface area (Å²) in [4.78, 5) is 13.0. The van der Waals surface area contributed by atoms with Gasteiger partial charge < -0.3 is 14.8 Å². The fourth-order valence-electron chi connectivity index (χ4n) is 3.82. The summed E-state index contributed by atoms with van der Waals surface area (Å²) in [5, 5.41) is 2.92. The lowest BCUT2D eigenvalue weighted by Crippen LogP contribution is -2.42. The quantitative estimate of drug-likeness (QED) is 0.499. The second kappa shape index (κ2) is 10.4. The number of rotatable bonds is 8. The summed E-state index contributed by atoms with van der Waals surface area (Å²) in [6.45, 7) is 4.12. The molecule has 0 saturated carbocycles. The SMILES string of the molecule is CC[C@H](NC(=O)CN(c1ccc(F)cc1)S(=O)(=O)c1ccc2c(c1)OCCO2)c1ccc(C)cc1. The molecule has 0 saturated heterocycles.